The van der Waals surface area contributed by atoms with Crippen LogP contribution in [0, 0.1) is 0 Å². The van der Waals surface area contributed by atoms with Crippen LogP contribution >= 0.6 is 12.2 Å². The van der Waals surface area contributed by atoms with E-state index in [1.165, 1.54) is 17.7 Å². The molecule has 1 atom stereocenters. The van der Waals surface area contributed by atoms with E-state index in [2.05, 4.69) is 18.2 Å². The van der Waals surface area contributed by atoms with Crippen molar-refractivity contribution in [1.82, 2.24) is 4.57 Å². The Labute approximate surface area is 167 Å². The number of carbonyl (C=O) groups is 1. The fourth-order valence-electron chi connectivity index (χ4n) is 3.93. The summed E-state index contributed by atoms with van der Waals surface area (Å²) in [6, 6.07) is 15.0. The van der Waals surface area contributed by atoms with Gasteiger partial charge in [-0.2, -0.15) is 0 Å². The Hall–Kier alpha value is -2.99. The third kappa shape index (κ3) is 2.90. The SMILES string of the molecule is COC(=O)[C@H]1CC(=S)c2c(OC)c(Cc3cccc4ccccc34)cc(=O)n21. The second-order valence-electron chi connectivity index (χ2n) is 6.74. The van der Waals surface area contributed by atoms with Gasteiger partial charge in [0, 0.05) is 29.3 Å². The van der Waals surface area contributed by atoms with Gasteiger partial charge < -0.3 is 9.47 Å². The van der Waals surface area contributed by atoms with Crippen LogP contribution < -0.4 is 10.3 Å². The van der Waals surface area contributed by atoms with E-state index in [0.717, 1.165) is 21.9 Å². The molecule has 2 heterocycles. The first-order valence-electron chi connectivity index (χ1n) is 8.95. The number of ether oxygens (including phenoxy) is 2. The number of carbonyl (C=O) groups excluding carboxylic acids is 1. The number of pyridine rings is 1. The molecule has 0 unspecified atom stereocenters. The minimum Gasteiger partial charge on any atom is -0.494 e. The third-order valence-corrected chi connectivity index (χ3v) is 5.54. The Morgan fingerprint density at radius 3 is 2.64 bits per heavy atom. The van der Waals surface area contributed by atoms with Gasteiger partial charge in [0.2, 0.25) is 0 Å². The molecule has 1 aliphatic heterocycles. The monoisotopic (exact) mass is 393 g/mol. The number of rotatable bonds is 4. The number of aromatic nitrogens is 1. The number of esters is 1. The molecule has 0 saturated carbocycles. The summed E-state index contributed by atoms with van der Waals surface area (Å²) >= 11 is 5.49. The molecule has 0 N–H and O–H groups in total. The van der Waals surface area contributed by atoms with Crippen molar-refractivity contribution in [1.29, 1.82) is 0 Å². The van der Waals surface area contributed by atoms with E-state index >= 15 is 0 Å². The lowest BCUT2D eigenvalue weighted by Gasteiger charge is -2.17. The molecule has 1 aromatic heterocycles. The number of hydrogen-bond acceptors (Lipinski definition) is 5. The molecule has 4 rings (SSSR count). The maximum atomic E-state index is 12.9. The van der Waals surface area contributed by atoms with Gasteiger partial charge in [-0.25, -0.2) is 4.79 Å². The highest BCUT2D eigenvalue weighted by Crippen LogP contribution is 2.35. The molecule has 5 nitrogen and oxygen atoms in total. The van der Waals surface area contributed by atoms with Gasteiger partial charge in [0.05, 0.1) is 14.2 Å². The molecule has 0 fully saturated rings. The number of fused-ring (bicyclic) bond motifs is 2. The van der Waals surface area contributed by atoms with E-state index in [-0.39, 0.29) is 12.0 Å². The Morgan fingerprint density at radius 1 is 1.14 bits per heavy atom. The summed E-state index contributed by atoms with van der Waals surface area (Å²) in [7, 11) is 2.86. The summed E-state index contributed by atoms with van der Waals surface area (Å²) in [6.07, 6.45) is 0.796. The molecule has 3 aromatic rings. The molecule has 28 heavy (non-hydrogen) atoms. The lowest BCUT2D eigenvalue weighted by atomic mass is 9.98. The van der Waals surface area contributed by atoms with Gasteiger partial charge >= 0.3 is 5.97 Å². The topological polar surface area (TPSA) is 57.5 Å². The van der Waals surface area contributed by atoms with Crippen molar-refractivity contribution >= 4 is 33.8 Å². The van der Waals surface area contributed by atoms with E-state index in [0.29, 0.717) is 22.7 Å². The Balaban J connectivity index is 1.87. The minimum absolute atomic E-state index is 0.269. The second kappa shape index (κ2) is 7.20. The zero-order valence-electron chi connectivity index (χ0n) is 15.6. The highest BCUT2D eigenvalue weighted by atomic mass is 32.1. The number of thiocarbonyl (C=S) groups is 1. The van der Waals surface area contributed by atoms with Gasteiger partial charge in [0.25, 0.3) is 5.56 Å². The van der Waals surface area contributed by atoms with E-state index in [9.17, 15) is 9.59 Å². The Morgan fingerprint density at radius 2 is 1.89 bits per heavy atom. The molecule has 0 spiro atoms. The van der Waals surface area contributed by atoms with Crippen molar-refractivity contribution < 1.29 is 14.3 Å². The summed E-state index contributed by atoms with van der Waals surface area (Å²) in [5.74, 6) is 0.0657. The minimum atomic E-state index is -0.736. The van der Waals surface area contributed by atoms with Crippen molar-refractivity contribution in [2.75, 3.05) is 14.2 Å². The van der Waals surface area contributed by atoms with Crippen LogP contribution in [0.25, 0.3) is 10.8 Å². The molecular weight excluding hydrogens is 374 g/mol. The van der Waals surface area contributed by atoms with Crippen LogP contribution in [-0.4, -0.2) is 29.6 Å². The normalized spacial score (nSPS) is 15.5. The van der Waals surface area contributed by atoms with Gasteiger partial charge in [0.1, 0.15) is 17.5 Å². The number of methoxy groups -OCH3 is 2. The van der Waals surface area contributed by atoms with Crippen molar-refractivity contribution in [3.8, 4) is 5.75 Å². The fraction of sp³-hybridized carbons (Fsp3) is 0.227. The first-order valence-corrected chi connectivity index (χ1v) is 9.36. The van der Waals surface area contributed by atoms with Gasteiger partial charge in [-0.15, -0.1) is 0 Å². The predicted molar refractivity (Wildman–Crippen MR) is 111 cm³/mol. The van der Waals surface area contributed by atoms with Gasteiger partial charge in [-0.3, -0.25) is 9.36 Å². The van der Waals surface area contributed by atoms with Gasteiger partial charge in [-0.05, 0) is 16.3 Å². The number of nitrogens with zero attached hydrogens (tertiary/aromatic N) is 1. The lowest BCUT2D eigenvalue weighted by Crippen LogP contribution is -2.29. The molecule has 0 aliphatic carbocycles. The van der Waals surface area contributed by atoms with Crippen LogP contribution in [0.4, 0.5) is 0 Å². The molecule has 0 radical (unpaired) electrons. The van der Waals surface area contributed by atoms with Crippen LogP contribution in [0.3, 0.4) is 0 Å². The standard InChI is InChI=1S/C22H19NO4S/c1-26-21-15(10-14-8-5-7-13-6-3-4-9-16(13)14)11-19(24)23-17(22(25)27-2)12-18(28)20(21)23/h3-9,11,17H,10,12H2,1-2H3/t17-/m1/s1. The molecular formula is C22H19NO4S. The maximum Gasteiger partial charge on any atom is 0.329 e. The van der Waals surface area contributed by atoms with Gasteiger partial charge in [-0.1, -0.05) is 54.7 Å². The smallest absolute Gasteiger partial charge is 0.329 e. The first-order chi connectivity index (χ1) is 13.5. The molecule has 0 amide bonds. The number of hydrogen-bond donors (Lipinski definition) is 0. The molecule has 2 aromatic carbocycles. The Bertz CT molecular complexity index is 1160. The molecule has 6 heteroatoms. The van der Waals surface area contributed by atoms with Crippen LogP contribution in [-0.2, 0) is 16.0 Å². The van der Waals surface area contributed by atoms with Crippen molar-refractivity contribution in [3.63, 3.8) is 0 Å². The molecule has 0 bridgehead atoms. The zero-order chi connectivity index (χ0) is 19.8. The lowest BCUT2D eigenvalue weighted by molar-refractivity contribution is -0.144. The van der Waals surface area contributed by atoms with Gasteiger partial charge in [0.15, 0.2) is 0 Å². The summed E-state index contributed by atoms with van der Waals surface area (Å²) in [4.78, 5) is 25.5. The summed E-state index contributed by atoms with van der Waals surface area (Å²) in [5, 5.41) is 2.26. The van der Waals surface area contributed by atoms with Crippen molar-refractivity contribution in [2.24, 2.45) is 0 Å². The van der Waals surface area contributed by atoms with E-state index in [1.807, 2.05) is 24.3 Å². The van der Waals surface area contributed by atoms with Crippen molar-refractivity contribution in [2.45, 2.75) is 18.9 Å². The third-order valence-electron chi connectivity index (χ3n) is 5.18. The number of benzene rings is 2. The maximum absolute atomic E-state index is 12.9. The van der Waals surface area contributed by atoms with Crippen molar-refractivity contribution in [3.05, 3.63) is 75.7 Å². The highest BCUT2D eigenvalue weighted by Gasteiger charge is 2.36. The highest BCUT2D eigenvalue weighted by molar-refractivity contribution is 7.80. The molecule has 1 aliphatic rings. The largest absolute Gasteiger partial charge is 0.494 e. The summed E-state index contributed by atoms with van der Waals surface area (Å²) in [5.41, 5.74) is 2.08. The average molecular weight is 393 g/mol. The quantitative estimate of drug-likeness (QED) is 0.502. The van der Waals surface area contributed by atoms with Crippen LogP contribution in [0.5, 0.6) is 5.75 Å². The summed E-state index contributed by atoms with van der Waals surface area (Å²) < 4.78 is 11.9. The second-order valence-corrected chi connectivity index (χ2v) is 7.23. The average Bonchev–Trinajstić information content (AvgIpc) is 3.06. The predicted octanol–water partition coefficient (Wildman–Crippen LogP) is 3.44. The fourth-order valence-corrected chi connectivity index (χ4v) is 4.27. The van der Waals surface area contributed by atoms with E-state index in [4.69, 9.17) is 21.7 Å². The molecule has 0 saturated heterocycles. The van der Waals surface area contributed by atoms with E-state index < -0.39 is 12.0 Å². The van der Waals surface area contributed by atoms with Crippen LogP contribution in [0.15, 0.2) is 53.3 Å². The molecule has 142 valence electrons. The van der Waals surface area contributed by atoms with Crippen LogP contribution in [0.2, 0.25) is 0 Å². The van der Waals surface area contributed by atoms with Crippen LogP contribution in [0.1, 0.15) is 29.3 Å². The van der Waals surface area contributed by atoms with E-state index in [1.54, 1.807) is 7.11 Å². The summed E-state index contributed by atoms with van der Waals surface area (Å²) in [6.45, 7) is 0. The Kier molecular flexibility index (Phi) is 4.73. The zero-order valence-corrected chi connectivity index (χ0v) is 16.4. The first kappa shape index (κ1) is 18.4.